The van der Waals surface area contributed by atoms with Crippen LogP contribution in [0.15, 0.2) is 0 Å². The number of carboxylic acids is 2. The summed E-state index contributed by atoms with van der Waals surface area (Å²) in [6.07, 6.45) is -9.39. The normalized spacial score (nSPS) is 11.8. The van der Waals surface area contributed by atoms with Crippen molar-refractivity contribution in [1.29, 1.82) is 0 Å². The number of halogens is 5. The van der Waals surface area contributed by atoms with Crippen molar-refractivity contribution in [3.8, 4) is 0 Å². The van der Waals surface area contributed by atoms with E-state index in [2.05, 4.69) is 4.98 Å². The minimum Gasteiger partial charge on any atom is -0.478 e. The molecule has 0 aromatic carbocycles. The van der Waals surface area contributed by atoms with Crippen LogP contribution < -0.4 is 0 Å². The number of aromatic nitrogens is 1. The molecule has 1 aromatic rings. The highest BCUT2D eigenvalue weighted by atomic mass is 19.4. The van der Waals surface area contributed by atoms with Crippen LogP contribution in [0.4, 0.5) is 22.0 Å². The van der Waals surface area contributed by atoms with E-state index in [1.54, 1.807) is 0 Å². The van der Waals surface area contributed by atoms with Gasteiger partial charge >= 0.3 is 18.1 Å². The van der Waals surface area contributed by atoms with Crippen LogP contribution in [0.2, 0.25) is 0 Å². The summed E-state index contributed by atoms with van der Waals surface area (Å²) in [6, 6.07) is 0. The fraction of sp³-hybridized carbons (Fsp3) is 0.364. The molecule has 0 aliphatic heterocycles. The molecule has 116 valence electrons. The second-order valence-corrected chi connectivity index (χ2v) is 3.84. The molecule has 0 saturated carbocycles. The maximum absolute atomic E-state index is 12.8. The van der Waals surface area contributed by atoms with Gasteiger partial charge in [-0.25, -0.2) is 23.4 Å². The minimum atomic E-state index is -5.31. The lowest BCUT2D eigenvalue weighted by Gasteiger charge is -2.17. The Labute approximate surface area is 114 Å². The van der Waals surface area contributed by atoms with Crippen LogP contribution in [0, 0.1) is 0 Å². The second-order valence-electron chi connectivity index (χ2n) is 3.84. The SMILES string of the molecule is CCc1c(C(=O)O)c(C(F)F)nc(C(F)(F)F)c1C(=O)O. The summed E-state index contributed by atoms with van der Waals surface area (Å²) in [5, 5.41) is 17.7. The van der Waals surface area contributed by atoms with E-state index in [1.165, 1.54) is 0 Å². The molecule has 1 aromatic heterocycles. The number of pyridine rings is 1. The summed E-state index contributed by atoms with van der Waals surface area (Å²) in [6.45, 7) is 1.16. The minimum absolute atomic E-state index is 0.491. The van der Waals surface area contributed by atoms with Gasteiger partial charge in [0.15, 0.2) is 5.69 Å². The Morgan fingerprint density at radius 2 is 1.62 bits per heavy atom. The number of hydrogen-bond donors (Lipinski definition) is 2. The second kappa shape index (κ2) is 5.62. The quantitative estimate of drug-likeness (QED) is 0.834. The number of nitrogens with zero attached hydrogens (tertiary/aromatic N) is 1. The lowest BCUT2D eigenvalue weighted by Crippen LogP contribution is -2.23. The largest absolute Gasteiger partial charge is 0.478 e. The highest BCUT2D eigenvalue weighted by Gasteiger charge is 2.42. The third-order valence-electron chi connectivity index (χ3n) is 2.59. The van der Waals surface area contributed by atoms with Crippen molar-refractivity contribution in [2.24, 2.45) is 0 Å². The third-order valence-corrected chi connectivity index (χ3v) is 2.59. The number of rotatable bonds is 4. The van der Waals surface area contributed by atoms with Crippen LogP contribution in [-0.4, -0.2) is 27.1 Å². The van der Waals surface area contributed by atoms with Gasteiger partial charge in [0.25, 0.3) is 6.43 Å². The fourth-order valence-electron chi connectivity index (χ4n) is 1.84. The molecule has 2 N–H and O–H groups in total. The maximum atomic E-state index is 12.8. The first-order valence-corrected chi connectivity index (χ1v) is 5.41. The van der Waals surface area contributed by atoms with E-state index in [-0.39, 0.29) is 0 Å². The van der Waals surface area contributed by atoms with Gasteiger partial charge in [0.1, 0.15) is 5.69 Å². The monoisotopic (exact) mass is 313 g/mol. The zero-order valence-electron chi connectivity index (χ0n) is 10.3. The van der Waals surface area contributed by atoms with Gasteiger partial charge < -0.3 is 10.2 Å². The van der Waals surface area contributed by atoms with E-state index in [9.17, 15) is 31.5 Å². The molecule has 0 aliphatic rings. The predicted molar refractivity (Wildman–Crippen MR) is 57.5 cm³/mol. The molecule has 1 heterocycles. The van der Waals surface area contributed by atoms with Gasteiger partial charge in [0.2, 0.25) is 0 Å². The lowest BCUT2D eigenvalue weighted by atomic mass is 9.95. The van der Waals surface area contributed by atoms with Crippen LogP contribution >= 0.6 is 0 Å². The Morgan fingerprint density at radius 1 is 1.14 bits per heavy atom. The number of alkyl halides is 5. The predicted octanol–water partition coefficient (Wildman–Crippen LogP) is 3.00. The summed E-state index contributed by atoms with van der Waals surface area (Å²) in [4.78, 5) is 24.5. The molecule has 0 unspecified atom stereocenters. The topological polar surface area (TPSA) is 87.5 Å². The first kappa shape index (κ1) is 16.8. The Kier molecular flexibility index (Phi) is 4.49. The smallest absolute Gasteiger partial charge is 0.434 e. The van der Waals surface area contributed by atoms with E-state index >= 15 is 0 Å². The van der Waals surface area contributed by atoms with Crippen LogP contribution in [0.5, 0.6) is 0 Å². The maximum Gasteiger partial charge on any atom is 0.434 e. The molecular weight excluding hydrogens is 305 g/mol. The van der Waals surface area contributed by atoms with Crippen molar-refractivity contribution in [2.45, 2.75) is 25.9 Å². The van der Waals surface area contributed by atoms with E-state index in [0.717, 1.165) is 6.92 Å². The molecule has 0 spiro atoms. The number of hydrogen-bond acceptors (Lipinski definition) is 3. The first-order chi connectivity index (χ1) is 9.52. The average Bonchev–Trinajstić information content (AvgIpc) is 2.34. The Hall–Kier alpha value is -2.26. The van der Waals surface area contributed by atoms with Crippen LogP contribution in [0.1, 0.15) is 51.0 Å². The highest BCUT2D eigenvalue weighted by molar-refractivity contribution is 5.98. The van der Waals surface area contributed by atoms with Crippen LogP contribution in [0.3, 0.4) is 0 Å². The Bertz CT molecular complexity index is 597. The standard InChI is InChI=1S/C11H8F5NO4/c1-2-3-4(9(18)19)6(8(12)13)17-7(11(14,15)16)5(3)10(20)21/h8H,2H2,1H3,(H,18,19)(H,20,21). The molecule has 10 heteroatoms. The van der Waals surface area contributed by atoms with Crippen molar-refractivity contribution in [1.82, 2.24) is 4.98 Å². The van der Waals surface area contributed by atoms with Gasteiger partial charge in [-0.2, -0.15) is 13.2 Å². The van der Waals surface area contributed by atoms with E-state index in [0.29, 0.717) is 0 Å². The van der Waals surface area contributed by atoms with Crippen molar-refractivity contribution < 1.29 is 41.8 Å². The van der Waals surface area contributed by atoms with Crippen LogP contribution in [-0.2, 0) is 12.6 Å². The molecule has 0 aliphatic carbocycles. The van der Waals surface area contributed by atoms with Crippen LogP contribution in [0.25, 0.3) is 0 Å². The summed E-state index contributed by atoms with van der Waals surface area (Å²) in [5.74, 6) is -4.05. The van der Waals surface area contributed by atoms with Crippen molar-refractivity contribution in [3.05, 3.63) is 28.1 Å². The molecule has 1 rings (SSSR count). The Balaban J connectivity index is 3.98. The summed E-state index contributed by atoms with van der Waals surface area (Å²) >= 11 is 0. The van der Waals surface area contributed by atoms with Gasteiger partial charge in [0.05, 0.1) is 11.1 Å². The Morgan fingerprint density at radius 3 is 1.90 bits per heavy atom. The molecule has 0 saturated heterocycles. The van der Waals surface area contributed by atoms with Gasteiger partial charge in [-0.3, -0.25) is 0 Å². The number of aromatic carboxylic acids is 2. The zero-order valence-corrected chi connectivity index (χ0v) is 10.3. The average molecular weight is 313 g/mol. The van der Waals surface area contributed by atoms with Gasteiger partial charge in [0, 0.05) is 0 Å². The van der Waals surface area contributed by atoms with E-state index < -0.39 is 59.0 Å². The summed E-state index contributed by atoms with van der Waals surface area (Å²) < 4.78 is 63.9. The third kappa shape index (κ3) is 3.09. The van der Waals surface area contributed by atoms with Gasteiger partial charge in [-0.15, -0.1) is 0 Å². The van der Waals surface area contributed by atoms with Gasteiger partial charge in [-0.05, 0) is 12.0 Å². The number of carboxylic acid groups (broad SMARTS) is 2. The molecule has 0 atom stereocenters. The van der Waals surface area contributed by atoms with Gasteiger partial charge in [-0.1, -0.05) is 6.92 Å². The first-order valence-electron chi connectivity index (χ1n) is 5.41. The van der Waals surface area contributed by atoms with Crippen molar-refractivity contribution in [2.75, 3.05) is 0 Å². The molecule has 0 amide bonds. The van der Waals surface area contributed by atoms with E-state index in [1.807, 2.05) is 0 Å². The summed E-state index contributed by atoms with van der Waals surface area (Å²) in [7, 11) is 0. The summed E-state index contributed by atoms with van der Waals surface area (Å²) in [5.41, 5.74) is -7.11. The van der Waals surface area contributed by atoms with E-state index in [4.69, 9.17) is 10.2 Å². The molecule has 0 fully saturated rings. The lowest BCUT2D eigenvalue weighted by molar-refractivity contribution is -0.142. The zero-order chi connectivity index (χ0) is 16.5. The van der Waals surface area contributed by atoms with Crippen molar-refractivity contribution in [3.63, 3.8) is 0 Å². The molecule has 21 heavy (non-hydrogen) atoms. The van der Waals surface area contributed by atoms with Crippen molar-refractivity contribution >= 4 is 11.9 Å². The fourth-order valence-corrected chi connectivity index (χ4v) is 1.84. The molecule has 0 bridgehead atoms. The number of carbonyl (C=O) groups is 2. The molecular formula is C11H8F5NO4. The highest BCUT2D eigenvalue weighted by Crippen LogP contribution is 2.36. The molecule has 0 radical (unpaired) electrons. The molecule has 5 nitrogen and oxygen atoms in total.